The highest BCUT2D eigenvalue weighted by atomic mass is 16.2. The molecule has 0 radical (unpaired) electrons. The molecule has 142 valence electrons. The molecule has 0 saturated carbocycles. The van der Waals surface area contributed by atoms with Gasteiger partial charge in [-0.2, -0.15) is 0 Å². The topological polar surface area (TPSA) is 61.4 Å². The summed E-state index contributed by atoms with van der Waals surface area (Å²) in [5.74, 6) is 0.294. The molecular weight excluding hydrogens is 338 g/mol. The molecule has 5 heteroatoms. The van der Waals surface area contributed by atoms with Gasteiger partial charge in [0.25, 0.3) is 5.91 Å². The van der Waals surface area contributed by atoms with Crippen LogP contribution in [0.5, 0.6) is 0 Å². The summed E-state index contributed by atoms with van der Waals surface area (Å²) in [7, 11) is 0. The molecule has 0 bridgehead atoms. The van der Waals surface area contributed by atoms with Gasteiger partial charge in [-0.15, -0.1) is 0 Å². The molecule has 2 N–H and O–H groups in total. The predicted molar refractivity (Wildman–Crippen MR) is 108 cm³/mol. The minimum Gasteiger partial charge on any atom is -0.371 e. The third kappa shape index (κ3) is 5.58. The number of carbonyl (C=O) groups excluding carboxylic acids is 2. The van der Waals surface area contributed by atoms with Crippen molar-refractivity contribution in [3.8, 4) is 0 Å². The van der Waals surface area contributed by atoms with Gasteiger partial charge < -0.3 is 15.5 Å². The first kappa shape index (κ1) is 19.0. The van der Waals surface area contributed by atoms with E-state index in [1.54, 1.807) is 12.1 Å². The van der Waals surface area contributed by atoms with Crippen molar-refractivity contribution in [2.45, 2.75) is 25.8 Å². The molecule has 5 nitrogen and oxygen atoms in total. The van der Waals surface area contributed by atoms with Crippen LogP contribution in [-0.4, -0.2) is 37.5 Å². The molecule has 2 atom stereocenters. The van der Waals surface area contributed by atoms with Gasteiger partial charge in [-0.1, -0.05) is 36.4 Å². The number of amides is 2. The lowest BCUT2D eigenvalue weighted by atomic mass is 10.1. The molecule has 2 amide bonds. The van der Waals surface area contributed by atoms with Crippen LogP contribution in [0.15, 0.2) is 60.7 Å². The summed E-state index contributed by atoms with van der Waals surface area (Å²) in [6, 6.07) is 19.2. The fraction of sp³-hybridized carbons (Fsp3) is 0.364. The van der Waals surface area contributed by atoms with Crippen molar-refractivity contribution in [3.05, 3.63) is 66.2 Å². The minimum atomic E-state index is -0.206. The quantitative estimate of drug-likeness (QED) is 0.793. The summed E-state index contributed by atoms with van der Waals surface area (Å²) < 4.78 is 0. The maximum absolute atomic E-state index is 12.2. The highest BCUT2D eigenvalue weighted by Gasteiger charge is 2.23. The van der Waals surface area contributed by atoms with Gasteiger partial charge in [0.2, 0.25) is 5.91 Å². The zero-order chi connectivity index (χ0) is 19.1. The van der Waals surface area contributed by atoms with Crippen LogP contribution in [0.2, 0.25) is 0 Å². The van der Waals surface area contributed by atoms with Gasteiger partial charge in [-0.05, 0) is 43.5 Å². The lowest BCUT2D eigenvalue weighted by Gasteiger charge is -2.19. The van der Waals surface area contributed by atoms with Gasteiger partial charge in [0, 0.05) is 43.3 Å². The zero-order valence-corrected chi connectivity index (χ0v) is 15.7. The molecule has 1 aliphatic rings. The van der Waals surface area contributed by atoms with E-state index in [9.17, 15) is 9.59 Å². The van der Waals surface area contributed by atoms with Gasteiger partial charge in [-0.25, -0.2) is 0 Å². The third-order valence-corrected chi connectivity index (χ3v) is 4.90. The van der Waals surface area contributed by atoms with E-state index in [4.69, 9.17) is 0 Å². The lowest BCUT2D eigenvalue weighted by Crippen LogP contribution is -2.38. The first-order valence-electron chi connectivity index (χ1n) is 9.54. The molecule has 2 unspecified atom stereocenters. The largest absolute Gasteiger partial charge is 0.371 e. The summed E-state index contributed by atoms with van der Waals surface area (Å²) in [5.41, 5.74) is 1.85. The van der Waals surface area contributed by atoms with E-state index < -0.39 is 0 Å². The molecule has 2 aromatic rings. The van der Waals surface area contributed by atoms with E-state index in [1.165, 1.54) is 5.69 Å². The number of hydrogen-bond donors (Lipinski definition) is 2. The number of nitrogens with zero attached hydrogens (tertiary/aromatic N) is 1. The van der Waals surface area contributed by atoms with Crippen molar-refractivity contribution in [1.29, 1.82) is 0 Å². The molecule has 0 aromatic heterocycles. The second kappa shape index (κ2) is 9.21. The second-order valence-electron chi connectivity index (χ2n) is 7.19. The Kier molecular flexibility index (Phi) is 6.47. The van der Waals surface area contributed by atoms with E-state index in [0.717, 1.165) is 19.5 Å². The first-order chi connectivity index (χ1) is 13.1. The maximum atomic E-state index is 12.2. The number of carbonyl (C=O) groups is 2. The Morgan fingerprint density at radius 2 is 1.74 bits per heavy atom. The number of anilines is 1. The van der Waals surface area contributed by atoms with Crippen molar-refractivity contribution >= 4 is 17.5 Å². The van der Waals surface area contributed by atoms with Crippen LogP contribution >= 0.6 is 0 Å². The smallest absolute Gasteiger partial charge is 0.251 e. The van der Waals surface area contributed by atoms with Crippen LogP contribution in [0.4, 0.5) is 5.69 Å². The average Bonchev–Trinajstić information content (AvgIpc) is 3.17. The molecule has 27 heavy (non-hydrogen) atoms. The Labute approximate surface area is 160 Å². The molecule has 1 heterocycles. The van der Waals surface area contributed by atoms with Crippen LogP contribution in [0, 0.1) is 5.92 Å². The van der Waals surface area contributed by atoms with Gasteiger partial charge in [0.1, 0.15) is 0 Å². The third-order valence-electron chi connectivity index (χ3n) is 4.90. The summed E-state index contributed by atoms with van der Waals surface area (Å²) in [4.78, 5) is 26.7. The fourth-order valence-corrected chi connectivity index (χ4v) is 3.43. The molecule has 2 aromatic carbocycles. The molecule has 1 fully saturated rings. The SMILES string of the molecule is CC(CC(=O)NCC1CCN(c2ccccc2)C1)NC(=O)c1ccccc1. The monoisotopic (exact) mass is 365 g/mol. The number of hydrogen-bond acceptors (Lipinski definition) is 3. The number of nitrogens with one attached hydrogen (secondary N) is 2. The first-order valence-corrected chi connectivity index (χ1v) is 9.54. The van der Waals surface area contributed by atoms with Crippen LogP contribution in [0.3, 0.4) is 0 Å². The Morgan fingerprint density at radius 3 is 2.44 bits per heavy atom. The van der Waals surface area contributed by atoms with Crippen molar-refractivity contribution in [2.24, 2.45) is 5.92 Å². The summed E-state index contributed by atoms with van der Waals surface area (Å²) >= 11 is 0. The Bertz CT molecular complexity index is 749. The highest BCUT2D eigenvalue weighted by Crippen LogP contribution is 2.22. The minimum absolute atomic E-state index is 0.0194. The second-order valence-corrected chi connectivity index (χ2v) is 7.19. The van der Waals surface area contributed by atoms with E-state index in [0.29, 0.717) is 18.0 Å². The fourth-order valence-electron chi connectivity index (χ4n) is 3.43. The van der Waals surface area contributed by atoms with Gasteiger partial charge in [-0.3, -0.25) is 9.59 Å². The number of rotatable bonds is 7. The normalized spacial score (nSPS) is 17.4. The molecular formula is C22H27N3O2. The van der Waals surface area contributed by atoms with E-state index in [-0.39, 0.29) is 24.3 Å². The van der Waals surface area contributed by atoms with Crippen molar-refractivity contribution in [1.82, 2.24) is 10.6 Å². The van der Waals surface area contributed by atoms with Crippen molar-refractivity contribution in [2.75, 3.05) is 24.5 Å². The predicted octanol–water partition coefficient (Wildman–Crippen LogP) is 2.84. The molecule has 3 rings (SSSR count). The molecule has 1 aliphatic heterocycles. The van der Waals surface area contributed by atoms with E-state index >= 15 is 0 Å². The highest BCUT2D eigenvalue weighted by molar-refractivity contribution is 5.94. The number of para-hydroxylation sites is 1. The Hall–Kier alpha value is -2.82. The van der Waals surface area contributed by atoms with Crippen LogP contribution in [0.25, 0.3) is 0 Å². The van der Waals surface area contributed by atoms with E-state index in [1.807, 2.05) is 31.2 Å². The molecule has 0 spiro atoms. The summed E-state index contributed by atoms with van der Waals surface area (Å²) in [6.45, 7) is 4.52. The summed E-state index contributed by atoms with van der Waals surface area (Å²) in [6.07, 6.45) is 1.36. The van der Waals surface area contributed by atoms with Crippen LogP contribution in [0.1, 0.15) is 30.1 Å². The Balaban J connectivity index is 1.38. The lowest BCUT2D eigenvalue weighted by molar-refractivity contribution is -0.121. The number of benzene rings is 2. The Morgan fingerprint density at radius 1 is 1.07 bits per heavy atom. The summed E-state index contributed by atoms with van der Waals surface area (Å²) in [5, 5.41) is 5.90. The molecule has 1 saturated heterocycles. The van der Waals surface area contributed by atoms with Gasteiger partial charge in [0.15, 0.2) is 0 Å². The average molecular weight is 365 g/mol. The van der Waals surface area contributed by atoms with Crippen LogP contribution < -0.4 is 15.5 Å². The van der Waals surface area contributed by atoms with E-state index in [2.05, 4.69) is 39.8 Å². The standard InChI is InChI=1S/C22H27N3O2/c1-17(24-22(27)19-8-4-2-5-9-19)14-21(26)23-15-18-12-13-25(16-18)20-10-6-3-7-11-20/h2-11,17-18H,12-16H2,1H3,(H,23,26)(H,24,27). The van der Waals surface area contributed by atoms with Crippen molar-refractivity contribution < 1.29 is 9.59 Å². The van der Waals surface area contributed by atoms with Gasteiger partial charge >= 0.3 is 0 Å². The van der Waals surface area contributed by atoms with Gasteiger partial charge in [0.05, 0.1) is 0 Å². The molecule has 0 aliphatic carbocycles. The maximum Gasteiger partial charge on any atom is 0.251 e. The van der Waals surface area contributed by atoms with Crippen LogP contribution in [-0.2, 0) is 4.79 Å². The zero-order valence-electron chi connectivity index (χ0n) is 15.7. The van der Waals surface area contributed by atoms with Crippen molar-refractivity contribution in [3.63, 3.8) is 0 Å².